The third-order valence-electron chi connectivity index (χ3n) is 5.94. The quantitative estimate of drug-likeness (QED) is 0.238. The molecule has 0 aliphatic rings. The maximum atomic E-state index is 16.1. The molecule has 2 amide bonds. The molecule has 0 fully saturated rings. The van der Waals surface area contributed by atoms with Crippen LogP contribution in [0.3, 0.4) is 0 Å². The van der Waals surface area contributed by atoms with Crippen LogP contribution in [0.25, 0.3) is 10.8 Å². The van der Waals surface area contributed by atoms with Crippen LogP contribution in [0.4, 0.5) is 25.5 Å². The summed E-state index contributed by atoms with van der Waals surface area (Å²) in [4.78, 5) is 33.5. The first-order valence-corrected chi connectivity index (χ1v) is 13.5. The van der Waals surface area contributed by atoms with Gasteiger partial charge in [0.2, 0.25) is 0 Å². The number of carbonyl (C=O) groups is 2. The zero-order valence-electron chi connectivity index (χ0n) is 24.3. The first-order valence-electron chi connectivity index (χ1n) is 13.5. The lowest BCUT2D eigenvalue weighted by Gasteiger charge is -2.29. The molecule has 0 aliphatic carbocycles. The van der Waals surface area contributed by atoms with Crippen molar-refractivity contribution in [1.29, 1.82) is 0 Å². The van der Waals surface area contributed by atoms with E-state index in [-0.39, 0.29) is 11.2 Å². The molecule has 0 unspecified atom stereocenters. The van der Waals surface area contributed by atoms with E-state index in [9.17, 15) is 9.59 Å². The van der Waals surface area contributed by atoms with E-state index in [0.29, 0.717) is 29.1 Å². The van der Waals surface area contributed by atoms with Crippen LogP contribution in [-0.4, -0.2) is 28.4 Å². The lowest BCUT2D eigenvalue weighted by Crippen LogP contribution is -2.44. The third kappa shape index (κ3) is 7.81. The Hall–Kier alpha value is -4.46. The smallest absolute Gasteiger partial charge is 0.425 e. The number of ether oxygens (including phenoxy) is 2. The summed E-state index contributed by atoms with van der Waals surface area (Å²) in [5, 5.41) is 0.473. The highest BCUT2D eigenvalue weighted by atomic mass is 19.1. The molecule has 0 saturated heterocycles. The molecule has 1 aromatic heterocycles. The molecule has 0 saturated carbocycles. The number of rotatable bonds is 6. The van der Waals surface area contributed by atoms with Gasteiger partial charge in [-0.3, -0.25) is 0 Å². The molecule has 0 spiro atoms. The maximum absolute atomic E-state index is 16.1. The van der Waals surface area contributed by atoms with Crippen molar-refractivity contribution in [3.05, 3.63) is 102 Å². The summed E-state index contributed by atoms with van der Waals surface area (Å²) in [6.45, 7) is 11.1. The van der Waals surface area contributed by atoms with E-state index in [4.69, 9.17) is 9.47 Å². The zero-order chi connectivity index (χ0) is 29.8. The molecular weight excluding hydrogens is 521 g/mol. The summed E-state index contributed by atoms with van der Waals surface area (Å²) < 4.78 is 27.1. The second-order valence-corrected chi connectivity index (χ2v) is 11.8. The molecule has 1 heterocycles. The van der Waals surface area contributed by atoms with Gasteiger partial charge in [-0.2, -0.15) is 4.90 Å². The van der Waals surface area contributed by atoms with E-state index < -0.39 is 29.2 Å². The average Bonchev–Trinajstić information content (AvgIpc) is 2.87. The van der Waals surface area contributed by atoms with E-state index >= 15 is 4.39 Å². The van der Waals surface area contributed by atoms with Gasteiger partial charge >= 0.3 is 12.2 Å². The predicted molar refractivity (Wildman–Crippen MR) is 159 cm³/mol. The fraction of sp³-hybridized carbons (Fsp3) is 0.303. The Labute approximate surface area is 240 Å². The second-order valence-electron chi connectivity index (χ2n) is 11.8. The summed E-state index contributed by atoms with van der Waals surface area (Å²) >= 11 is 0. The SMILES string of the molecule is CC(C)(C)OC(=O)N(C(=O)OC(C)(C)C)c1nccc2cc(N(Cc3ccccc3)Cc3ccccc3)cc(F)c12. The number of anilines is 2. The van der Waals surface area contributed by atoms with Gasteiger partial charge in [0.05, 0.1) is 5.39 Å². The van der Waals surface area contributed by atoms with Gasteiger partial charge in [-0.05, 0) is 76.3 Å². The zero-order valence-corrected chi connectivity index (χ0v) is 24.3. The van der Waals surface area contributed by atoms with Crippen molar-refractivity contribution >= 4 is 34.5 Å². The van der Waals surface area contributed by atoms with Crippen molar-refractivity contribution in [1.82, 2.24) is 4.98 Å². The molecule has 0 bridgehead atoms. The summed E-state index contributed by atoms with van der Waals surface area (Å²) in [6, 6.07) is 24.8. The highest BCUT2D eigenvalue weighted by Crippen LogP contribution is 2.34. The van der Waals surface area contributed by atoms with Gasteiger partial charge in [-0.25, -0.2) is 19.0 Å². The molecule has 0 aliphatic heterocycles. The highest BCUT2D eigenvalue weighted by Gasteiger charge is 2.35. The number of nitrogens with zero attached hydrogens (tertiary/aromatic N) is 3. The molecule has 0 N–H and O–H groups in total. The Balaban J connectivity index is 1.81. The Morgan fingerprint density at radius 1 is 0.756 bits per heavy atom. The number of halogens is 1. The minimum absolute atomic E-state index is 0.00680. The highest BCUT2D eigenvalue weighted by molar-refractivity contribution is 6.14. The van der Waals surface area contributed by atoms with Gasteiger partial charge in [0.15, 0.2) is 5.82 Å². The van der Waals surface area contributed by atoms with Gasteiger partial charge in [0, 0.05) is 25.0 Å². The van der Waals surface area contributed by atoms with Crippen LogP contribution in [0.2, 0.25) is 0 Å². The van der Waals surface area contributed by atoms with E-state index in [1.807, 2.05) is 66.7 Å². The van der Waals surface area contributed by atoms with Crippen molar-refractivity contribution in [3.8, 4) is 0 Å². The van der Waals surface area contributed by atoms with E-state index in [1.165, 1.54) is 12.3 Å². The molecule has 7 nitrogen and oxygen atoms in total. The van der Waals surface area contributed by atoms with Crippen LogP contribution in [0, 0.1) is 5.82 Å². The van der Waals surface area contributed by atoms with E-state index in [2.05, 4.69) is 9.88 Å². The summed E-state index contributed by atoms with van der Waals surface area (Å²) in [7, 11) is 0. The van der Waals surface area contributed by atoms with Crippen LogP contribution in [-0.2, 0) is 22.6 Å². The monoisotopic (exact) mass is 557 g/mol. The van der Waals surface area contributed by atoms with Crippen LogP contribution in [0.1, 0.15) is 52.7 Å². The number of carbonyl (C=O) groups excluding carboxylic acids is 2. The number of amides is 2. The van der Waals surface area contributed by atoms with E-state index in [1.54, 1.807) is 47.6 Å². The first kappa shape index (κ1) is 29.5. The van der Waals surface area contributed by atoms with Gasteiger partial charge in [0.1, 0.15) is 17.0 Å². The average molecular weight is 558 g/mol. The lowest BCUT2D eigenvalue weighted by atomic mass is 10.1. The maximum Gasteiger partial charge on any atom is 0.425 e. The molecule has 41 heavy (non-hydrogen) atoms. The Morgan fingerprint density at radius 2 is 1.24 bits per heavy atom. The second kappa shape index (κ2) is 12.0. The van der Waals surface area contributed by atoms with Gasteiger partial charge in [0.25, 0.3) is 0 Å². The number of imide groups is 1. The van der Waals surface area contributed by atoms with Crippen LogP contribution < -0.4 is 9.80 Å². The largest absolute Gasteiger partial charge is 0.443 e. The predicted octanol–water partition coefficient (Wildman–Crippen LogP) is 8.26. The molecule has 0 atom stereocenters. The number of fused-ring (bicyclic) bond motifs is 1. The van der Waals surface area contributed by atoms with Crippen molar-refractivity contribution in [2.45, 2.75) is 65.8 Å². The molecule has 214 valence electrons. The minimum Gasteiger partial charge on any atom is -0.443 e. The van der Waals surface area contributed by atoms with Crippen LogP contribution in [0.15, 0.2) is 85.1 Å². The van der Waals surface area contributed by atoms with E-state index in [0.717, 1.165) is 11.1 Å². The fourth-order valence-electron chi connectivity index (χ4n) is 4.29. The molecule has 0 radical (unpaired) electrons. The Bertz CT molecular complexity index is 1440. The number of hydrogen-bond donors (Lipinski definition) is 0. The summed E-state index contributed by atoms with van der Waals surface area (Å²) in [5.74, 6) is -0.837. The molecule has 3 aromatic carbocycles. The van der Waals surface area contributed by atoms with Gasteiger partial charge in [-0.1, -0.05) is 60.7 Å². The first-order chi connectivity index (χ1) is 19.3. The Kier molecular flexibility index (Phi) is 8.61. The van der Waals surface area contributed by atoms with Crippen molar-refractivity contribution in [2.24, 2.45) is 0 Å². The topological polar surface area (TPSA) is 72.0 Å². The summed E-state index contributed by atoms with van der Waals surface area (Å²) in [5.41, 5.74) is 0.952. The molecule has 8 heteroatoms. The molecular formula is C33H36FN3O4. The Morgan fingerprint density at radius 3 is 1.71 bits per heavy atom. The van der Waals surface area contributed by atoms with Crippen molar-refractivity contribution in [2.75, 3.05) is 9.80 Å². The van der Waals surface area contributed by atoms with Gasteiger partial charge < -0.3 is 14.4 Å². The van der Waals surface area contributed by atoms with Crippen LogP contribution in [0.5, 0.6) is 0 Å². The number of benzene rings is 3. The minimum atomic E-state index is -1.01. The third-order valence-corrected chi connectivity index (χ3v) is 5.94. The fourth-order valence-corrected chi connectivity index (χ4v) is 4.29. The lowest BCUT2D eigenvalue weighted by molar-refractivity contribution is 0.0429. The standard InChI is InChI=1S/C33H36FN3O4/c1-32(2,3)40-30(38)37(31(39)41-33(4,5)6)29-28-25(17-18-35-29)19-26(20-27(28)34)36(21-23-13-9-7-10-14-23)22-24-15-11-8-12-16-24/h7-20H,21-22H2,1-6H3. The number of aromatic nitrogens is 1. The van der Waals surface area contributed by atoms with Gasteiger partial charge in [-0.15, -0.1) is 0 Å². The molecule has 4 rings (SSSR count). The number of hydrogen-bond acceptors (Lipinski definition) is 6. The van der Waals surface area contributed by atoms with Crippen LogP contribution >= 0.6 is 0 Å². The normalized spacial score (nSPS) is 11.7. The summed E-state index contributed by atoms with van der Waals surface area (Å²) in [6.07, 6.45) is -0.587. The van der Waals surface area contributed by atoms with Crippen molar-refractivity contribution < 1.29 is 23.5 Å². The number of pyridine rings is 1. The van der Waals surface area contributed by atoms with Crippen molar-refractivity contribution in [3.63, 3.8) is 0 Å². The molecule has 4 aromatic rings.